The summed E-state index contributed by atoms with van der Waals surface area (Å²) in [7, 11) is -3.55. The van der Waals surface area contributed by atoms with Gasteiger partial charge in [-0.15, -0.1) is 0 Å². The SMILES string of the molecule is CCOc1ncccc1NC(=O)CCS(=O)(=O)c1ccc(Cl)cc1. The molecule has 0 saturated carbocycles. The summed E-state index contributed by atoms with van der Waals surface area (Å²) >= 11 is 5.74. The zero-order valence-electron chi connectivity index (χ0n) is 13.0. The Kier molecular flexibility index (Phi) is 6.16. The van der Waals surface area contributed by atoms with Crippen molar-refractivity contribution in [3.05, 3.63) is 47.6 Å². The molecule has 0 fully saturated rings. The Balaban J connectivity index is 1.99. The second-order valence-corrected chi connectivity index (χ2v) is 7.41. The van der Waals surface area contributed by atoms with Crippen molar-refractivity contribution in [2.75, 3.05) is 17.7 Å². The molecule has 1 aromatic carbocycles. The minimum absolute atomic E-state index is 0.135. The van der Waals surface area contributed by atoms with E-state index >= 15 is 0 Å². The van der Waals surface area contributed by atoms with Crippen molar-refractivity contribution >= 4 is 33.0 Å². The van der Waals surface area contributed by atoms with E-state index in [9.17, 15) is 13.2 Å². The van der Waals surface area contributed by atoms with Gasteiger partial charge >= 0.3 is 0 Å². The third-order valence-electron chi connectivity index (χ3n) is 3.10. The minimum Gasteiger partial charge on any atom is -0.476 e. The van der Waals surface area contributed by atoms with Crippen LogP contribution in [0.4, 0.5) is 5.69 Å². The highest BCUT2D eigenvalue weighted by molar-refractivity contribution is 7.91. The second-order valence-electron chi connectivity index (χ2n) is 4.86. The number of sulfone groups is 1. The Morgan fingerprint density at radius 1 is 1.25 bits per heavy atom. The third kappa shape index (κ3) is 4.94. The number of pyridine rings is 1. The summed E-state index contributed by atoms with van der Waals surface area (Å²) in [4.78, 5) is 16.2. The lowest BCUT2D eigenvalue weighted by molar-refractivity contribution is -0.115. The number of anilines is 1. The number of ether oxygens (including phenoxy) is 1. The maximum Gasteiger partial charge on any atom is 0.237 e. The van der Waals surface area contributed by atoms with E-state index in [-0.39, 0.29) is 17.1 Å². The number of carbonyl (C=O) groups is 1. The predicted molar refractivity (Wildman–Crippen MR) is 92.2 cm³/mol. The Morgan fingerprint density at radius 2 is 1.96 bits per heavy atom. The van der Waals surface area contributed by atoms with Gasteiger partial charge in [0.2, 0.25) is 11.8 Å². The number of nitrogens with one attached hydrogen (secondary N) is 1. The molecule has 24 heavy (non-hydrogen) atoms. The molecular weight excluding hydrogens is 352 g/mol. The molecule has 2 aromatic rings. The highest BCUT2D eigenvalue weighted by Gasteiger charge is 2.17. The fourth-order valence-electron chi connectivity index (χ4n) is 1.94. The summed E-state index contributed by atoms with van der Waals surface area (Å²) in [5.74, 6) is -0.430. The summed E-state index contributed by atoms with van der Waals surface area (Å²) in [6.45, 7) is 2.21. The Labute approximate surface area is 145 Å². The lowest BCUT2D eigenvalue weighted by Crippen LogP contribution is -2.18. The summed E-state index contributed by atoms with van der Waals surface area (Å²) < 4.78 is 29.7. The van der Waals surface area contributed by atoms with Crippen LogP contribution in [0.2, 0.25) is 5.02 Å². The fourth-order valence-corrected chi connectivity index (χ4v) is 3.30. The van der Waals surface area contributed by atoms with Gasteiger partial charge < -0.3 is 10.1 Å². The molecule has 1 N–H and O–H groups in total. The zero-order valence-corrected chi connectivity index (χ0v) is 14.6. The first-order valence-corrected chi connectivity index (χ1v) is 9.31. The average molecular weight is 369 g/mol. The van der Waals surface area contributed by atoms with Crippen LogP contribution in [0.5, 0.6) is 5.88 Å². The summed E-state index contributed by atoms with van der Waals surface area (Å²) in [5.41, 5.74) is 0.410. The van der Waals surface area contributed by atoms with Gasteiger partial charge in [0.15, 0.2) is 9.84 Å². The van der Waals surface area contributed by atoms with E-state index in [1.165, 1.54) is 24.3 Å². The molecule has 1 aromatic heterocycles. The molecule has 6 nitrogen and oxygen atoms in total. The molecular formula is C16H17ClN2O4S. The van der Waals surface area contributed by atoms with E-state index in [1.54, 1.807) is 25.3 Å². The number of hydrogen-bond acceptors (Lipinski definition) is 5. The topological polar surface area (TPSA) is 85.4 Å². The summed E-state index contributed by atoms with van der Waals surface area (Å²) in [6, 6.07) is 9.14. The van der Waals surface area contributed by atoms with Gasteiger partial charge in [0.25, 0.3) is 0 Å². The molecule has 0 saturated heterocycles. The zero-order chi connectivity index (χ0) is 17.6. The summed E-state index contributed by atoms with van der Waals surface area (Å²) in [5, 5.41) is 3.07. The number of rotatable bonds is 7. The van der Waals surface area contributed by atoms with Gasteiger partial charge in [0.05, 0.1) is 17.3 Å². The number of aromatic nitrogens is 1. The quantitative estimate of drug-likeness (QED) is 0.812. The molecule has 1 heterocycles. The van der Waals surface area contributed by atoms with Crippen molar-refractivity contribution in [3.8, 4) is 5.88 Å². The number of benzene rings is 1. The lowest BCUT2D eigenvalue weighted by atomic mass is 10.3. The molecule has 8 heteroatoms. The van der Waals surface area contributed by atoms with Crippen molar-refractivity contribution in [1.82, 2.24) is 4.98 Å². The van der Waals surface area contributed by atoms with Crippen molar-refractivity contribution in [2.24, 2.45) is 0 Å². The number of hydrogen-bond donors (Lipinski definition) is 1. The molecule has 0 aliphatic heterocycles. The van der Waals surface area contributed by atoms with Gasteiger partial charge in [-0.2, -0.15) is 0 Å². The maximum atomic E-state index is 12.2. The van der Waals surface area contributed by atoms with Crippen molar-refractivity contribution in [1.29, 1.82) is 0 Å². The van der Waals surface area contributed by atoms with Crippen molar-refractivity contribution < 1.29 is 17.9 Å². The van der Waals surface area contributed by atoms with Crippen LogP contribution in [0.3, 0.4) is 0 Å². The molecule has 0 unspecified atom stereocenters. The predicted octanol–water partition coefficient (Wildman–Crippen LogP) is 2.94. The van der Waals surface area contributed by atoms with Crippen molar-refractivity contribution in [2.45, 2.75) is 18.2 Å². The first-order valence-electron chi connectivity index (χ1n) is 7.28. The standard InChI is InChI=1S/C16H17ClN2O4S/c1-2-23-16-14(4-3-10-18-16)19-15(20)9-11-24(21,22)13-7-5-12(17)6-8-13/h3-8,10H,2,9,11H2,1H3,(H,19,20). The molecule has 0 aliphatic rings. The van der Waals surface area contributed by atoms with Crippen LogP contribution < -0.4 is 10.1 Å². The van der Waals surface area contributed by atoms with E-state index in [4.69, 9.17) is 16.3 Å². The second kappa shape index (κ2) is 8.12. The Morgan fingerprint density at radius 3 is 2.62 bits per heavy atom. The number of carbonyl (C=O) groups excluding carboxylic acids is 1. The van der Waals surface area contributed by atoms with Gasteiger partial charge in [0, 0.05) is 17.6 Å². The van der Waals surface area contributed by atoms with Gasteiger partial charge in [-0.25, -0.2) is 13.4 Å². The van der Waals surface area contributed by atoms with Crippen LogP contribution in [-0.4, -0.2) is 31.7 Å². The molecule has 0 atom stereocenters. The smallest absolute Gasteiger partial charge is 0.237 e. The Bertz CT molecular complexity index is 807. The number of amides is 1. The van der Waals surface area contributed by atoms with Crippen LogP contribution in [0.15, 0.2) is 47.5 Å². The van der Waals surface area contributed by atoms with Crippen LogP contribution in [0.25, 0.3) is 0 Å². The van der Waals surface area contributed by atoms with E-state index in [2.05, 4.69) is 10.3 Å². The monoisotopic (exact) mass is 368 g/mol. The highest BCUT2D eigenvalue weighted by atomic mass is 35.5. The van der Waals surface area contributed by atoms with Gasteiger partial charge in [-0.05, 0) is 43.3 Å². The van der Waals surface area contributed by atoms with Crippen LogP contribution in [0, 0.1) is 0 Å². The van der Waals surface area contributed by atoms with Gasteiger partial charge in [0.1, 0.15) is 5.69 Å². The maximum absolute atomic E-state index is 12.2. The van der Waals surface area contributed by atoms with Crippen molar-refractivity contribution in [3.63, 3.8) is 0 Å². The largest absolute Gasteiger partial charge is 0.476 e. The van der Waals surface area contributed by atoms with E-state index in [1.807, 2.05) is 0 Å². The molecule has 0 aliphatic carbocycles. The molecule has 2 rings (SSSR count). The van der Waals surface area contributed by atoms with Crippen LogP contribution >= 0.6 is 11.6 Å². The molecule has 0 radical (unpaired) electrons. The van der Waals surface area contributed by atoms with E-state index in [0.29, 0.717) is 23.2 Å². The van der Waals surface area contributed by atoms with Crippen LogP contribution in [-0.2, 0) is 14.6 Å². The van der Waals surface area contributed by atoms with E-state index in [0.717, 1.165) is 0 Å². The molecule has 0 bridgehead atoms. The highest BCUT2D eigenvalue weighted by Crippen LogP contribution is 2.21. The van der Waals surface area contributed by atoms with E-state index < -0.39 is 15.7 Å². The molecule has 1 amide bonds. The molecule has 0 spiro atoms. The lowest BCUT2D eigenvalue weighted by Gasteiger charge is -2.10. The first-order chi connectivity index (χ1) is 11.4. The summed E-state index contributed by atoms with van der Waals surface area (Å²) in [6.07, 6.45) is 1.37. The van der Waals surface area contributed by atoms with Gasteiger partial charge in [-0.1, -0.05) is 11.6 Å². The number of halogens is 1. The number of nitrogens with zero attached hydrogens (tertiary/aromatic N) is 1. The first kappa shape index (κ1) is 18.2. The Hall–Kier alpha value is -2.12. The average Bonchev–Trinajstić information content (AvgIpc) is 2.56. The van der Waals surface area contributed by atoms with Gasteiger partial charge in [-0.3, -0.25) is 4.79 Å². The third-order valence-corrected chi connectivity index (χ3v) is 5.08. The van der Waals surface area contributed by atoms with Crippen LogP contribution in [0.1, 0.15) is 13.3 Å². The fraction of sp³-hybridized carbons (Fsp3) is 0.250. The minimum atomic E-state index is -3.55. The normalized spacial score (nSPS) is 11.1. The molecule has 128 valence electrons.